The third kappa shape index (κ3) is 4.35. The largest absolute Gasteiger partial charge is 0.508 e. The molecule has 7 heteroatoms. The van der Waals surface area contributed by atoms with Crippen molar-refractivity contribution < 1.29 is 19.7 Å². The van der Waals surface area contributed by atoms with Gasteiger partial charge < -0.3 is 19.8 Å². The van der Waals surface area contributed by atoms with Gasteiger partial charge in [-0.05, 0) is 48.5 Å². The van der Waals surface area contributed by atoms with E-state index in [1.54, 1.807) is 46.2 Å². The van der Waals surface area contributed by atoms with E-state index in [0.717, 1.165) is 5.69 Å². The topological polar surface area (TPSA) is 73.2 Å². The maximum Gasteiger partial charge on any atom is 0.324 e. The second-order valence-electron chi connectivity index (χ2n) is 5.82. The lowest BCUT2D eigenvalue weighted by atomic mass is 10.3. The van der Waals surface area contributed by atoms with Gasteiger partial charge in [-0.3, -0.25) is 4.90 Å². The third-order valence-electron chi connectivity index (χ3n) is 3.94. The summed E-state index contributed by atoms with van der Waals surface area (Å²) >= 11 is 5.87. The lowest BCUT2D eigenvalue weighted by Crippen LogP contribution is -2.39. The van der Waals surface area contributed by atoms with Gasteiger partial charge in [-0.2, -0.15) is 0 Å². The highest BCUT2D eigenvalue weighted by Gasteiger charge is 2.30. The highest BCUT2D eigenvalue weighted by Crippen LogP contribution is 2.22. The van der Waals surface area contributed by atoms with Crippen molar-refractivity contribution >= 4 is 23.3 Å². The smallest absolute Gasteiger partial charge is 0.324 e. The van der Waals surface area contributed by atoms with Crippen molar-refractivity contribution in [1.29, 1.82) is 0 Å². The number of nitrogens with zero attached hydrogens (tertiary/aromatic N) is 2. The zero-order valence-electron chi connectivity index (χ0n) is 13.5. The molecule has 1 saturated heterocycles. The van der Waals surface area contributed by atoms with Crippen LogP contribution in [0.15, 0.2) is 48.5 Å². The van der Waals surface area contributed by atoms with E-state index in [2.05, 4.69) is 0 Å². The van der Waals surface area contributed by atoms with E-state index >= 15 is 0 Å². The quantitative estimate of drug-likeness (QED) is 0.828. The lowest BCUT2D eigenvalue weighted by molar-refractivity contribution is 0.0828. The lowest BCUT2D eigenvalue weighted by Gasteiger charge is -2.21. The summed E-state index contributed by atoms with van der Waals surface area (Å²) in [5.41, 5.74) is 0.784. The van der Waals surface area contributed by atoms with Crippen molar-refractivity contribution in [3.8, 4) is 11.5 Å². The van der Waals surface area contributed by atoms with Gasteiger partial charge >= 0.3 is 6.03 Å². The Morgan fingerprint density at radius 2 is 1.76 bits per heavy atom. The molecule has 0 bridgehead atoms. The molecule has 2 aromatic carbocycles. The Kier molecular flexibility index (Phi) is 5.31. The molecule has 0 unspecified atom stereocenters. The Bertz CT molecular complexity index is 721. The maximum absolute atomic E-state index is 12.5. The molecule has 1 aliphatic rings. The molecule has 25 heavy (non-hydrogen) atoms. The van der Waals surface area contributed by atoms with E-state index in [1.165, 1.54) is 12.1 Å². The van der Waals surface area contributed by atoms with Crippen LogP contribution in [0.5, 0.6) is 11.5 Å². The number of carbonyl (C=O) groups excluding carboxylic acids is 1. The Labute approximate surface area is 150 Å². The van der Waals surface area contributed by atoms with Gasteiger partial charge in [0.1, 0.15) is 24.2 Å². The van der Waals surface area contributed by atoms with Gasteiger partial charge in [0.15, 0.2) is 0 Å². The van der Waals surface area contributed by atoms with Crippen LogP contribution in [0.4, 0.5) is 10.5 Å². The van der Waals surface area contributed by atoms with Crippen LogP contribution >= 0.6 is 11.6 Å². The number of phenolic OH excluding ortho intramolecular Hbond substituents is 1. The summed E-state index contributed by atoms with van der Waals surface area (Å²) in [6, 6.07) is 13.2. The number of aliphatic hydroxyl groups is 1. The molecular weight excluding hydrogens is 344 g/mol. The molecule has 0 aromatic heterocycles. The monoisotopic (exact) mass is 362 g/mol. The Morgan fingerprint density at radius 3 is 2.44 bits per heavy atom. The van der Waals surface area contributed by atoms with Crippen LogP contribution in [-0.4, -0.2) is 53.5 Å². The molecule has 1 fully saturated rings. The van der Waals surface area contributed by atoms with Gasteiger partial charge in [0.2, 0.25) is 0 Å². The molecule has 132 valence electrons. The number of aromatic hydroxyl groups is 1. The van der Waals surface area contributed by atoms with Crippen molar-refractivity contribution in [3.05, 3.63) is 53.6 Å². The SMILES string of the molecule is O=C1N(C[C@H](O)COc2ccc(O)cc2)CCN1c1ccc(Cl)cc1. The van der Waals surface area contributed by atoms with Crippen LogP contribution in [-0.2, 0) is 0 Å². The summed E-state index contributed by atoms with van der Waals surface area (Å²) in [6.07, 6.45) is -0.803. The third-order valence-corrected chi connectivity index (χ3v) is 4.20. The maximum atomic E-state index is 12.5. The van der Waals surface area contributed by atoms with Crippen LogP contribution in [0.2, 0.25) is 5.02 Å². The Balaban J connectivity index is 1.51. The highest BCUT2D eigenvalue weighted by atomic mass is 35.5. The molecule has 0 saturated carbocycles. The number of β-amino-alcohol motifs (C(OH)–C–C–N with tert-alkyl or cyclic N) is 1. The van der Waals surface area contributed by atoms with E-state index in [1.807, 2.05) is 0 Å². The molecule has 2 aromatic rings. The predicted octanol–water partition coefficient (Wildman–Crippen LogP) is 2.73. The molecule has 1 aliphatic heterocycles. The number of ether oxygens (including phenoxy) is 1. The van der Waals surface area contributed by atoms with Gasteiger partial charge in [0.05, 0.1) is 6.54 Å². The van der Waals surface area contributed by atoms with Crippen molar-refractivity contribution in [1.82, 2.24) is 4.90 Å². The first-order chi connectivity index (χ1) is 12.0. The fraction of sp³-hybridized carbons (Fsp3) is 0.278. The molecule has 0 aliphatic carbocycles. The summed E-state index contributed by atoms with van der Waals surface area (Å²) in [4.78, 5) is 15.7. The molecule has 0 radical (unpaired) electrons. The molecule has 2 N–H and O–H groups in total. The molecule has 0 spiro atoms. The van der Waals surface area contributed by atoms with Crippen molar-refractivity contribution in [2.45, 2.75) is 6.10 Å². The molecule has 3 rings (SSSR count). The number of amides is 2. The molecule has 1 heterocycles. The number of halogens is 1. The first-order valence-electron chi connectivity index (χ1n) is 7.95. The Morgan fingerprint density at radius 1 is 1.08 bits per heavy atom. The molecule has 2 amide bonds. The van der Waals surface area contributed by atoms with Gasteiger partial charge in [-0.15, -0.1) is 0 Å². The first-order valence-corrected chi connectivity index (χ1v) is 8.32. The minimum Gasteiger partial charge on any atom is -0.508 e. The first kappa shape index (κ1) is 17.4. The summed E-state index contributed by atoms with van der Waals surface area (Å²) < 4.78 is 5.47. The summed E-state index contributed by atoms with van der Waals surface area (Å²) in [6.45, 7) is 1.36. The number of carbonyl (C=O) groups is 1. The number of benzene rings is 2. The van der Waals surface area contributed by atoms with Crippen molar-refractivity contribution in [3.63, 3.8) is 0 Å². The number of anilines is 1. The van der Waals surface area contributed by atoms with Crippen molar-refractivity contribution in [2.75, 3.05) is 31.1 Å². The number of phenols is 1. The van der Waals surface area contributed by atoms with E-state index in [9.17, 15) is 15.0 Å². The van der Waals surface area contributed by atoms with Gasteiger partial charge in [-0.1, -0.05) is 11.6 Å². The van der Waals surface area contributed by atoms with Crippen LogP contribution < -0.4 is 9.64 Å². The molecular formula is C18H19ClN2O4. The van der Waals surface area contributed by atoms with E-state index in [0.29, 0.717) is 23.9 Å². The van der Waals surface area contributed by atoms with Crippen LogP contribution in [0.3, 0.4) is 0 Å². The highest BCUT2D eigenvalue weighted by molar-refractivity contribution is 6.30. The average molecular weight is 363 g/mol. The second-order valence-corrected chi connectivity index (χ2v) is 6.25. The van der Waals surface area contributed by atoms with Crippen LogP contribution in [0.1, 0.15) is 0 Å². The Hall–Kier alpha value is -2.44. The van der Waals surface area contributed by atoms with Crippen molar-refractivity contribution in [2.24, 2.45) is 0 Å². The van der Waals surface area contributed by atoms with E-state index in [-0.39, 0.29) is 24.9 Å². The number of aliphatic hydroxyl groups excluding tert-OH is 1. The van der Waals surface area contributed by atoms with Crippen LogP contribution in [0, 0.1) is 0 Å². The number of hydrogen-bond donors (Lipinski definition) is 2. The average Bonchev–Trinajstić information content (AvgIpc) is 2.96. The number of urea groups is 1. The fourth-order valence-electron chi connectivity index (χ4n) is 2.65. The minimum absolute atomic E-state index is 0.0650. The zero-order valence-corrected chi connectivity index (χ0v) is 14.3. The minimum atomic E-state index is -0.803. The zero-order chi connectivity index (χ0) is 17.8. The summed E-state index contributed by atoms with van der Waals surface area (Å²) in [7, 11) is 0. The van der Waals surface area contributed by atoms with Gasteiger partial charge in [0, 0.05) is 23.8 Å². The summed E-state index contributed by atoms with van der Waals surface area (Å²) in [5, 5.41) is 20.0. The molecule has 6 nitrogen and oxygen atoms in total. The van der Waals surface area contributed by atoms with E-state index in [4.69, 9.17) is 16.3 Å². The summed E-state index contributed by atoms with van der Waals surface area (Å²) in [5.74, 6) is 0.699. The second kappa shape index (κ2) is 7.63. The predicted molar refractivity (Wildman–Crippen MR) is 95.4 cm³/mol. The number of hydrogen-bond acceptors (Lipinski definition) is 4. The number of rotatable bonds is 6. The standard InChI is InChI=1S/C18H19ClN2O4/c19-13-1-3-14(4-2-13)21-10-9-20(18(21)24)11-16(23)12-25-17-7-5-15(22)6-8-17/h1-8,16,22-23H,9-12H2/t16-/m0/s1. The van der Waals surface area contributed by atoms with Crippen LogP contribution in [0.25, 0.3) is 0 Å². The normalized spacial score (nSPS) is 15.5. The molecule has 1 atom stereocenters. The van der Waals surface area contributed by atoms with E-state index < -0.39 is 6.10 Å². The van der Waals surface area contributed by atoms with Gasteiger partial charge in [-0.25, -0.2) is 4.79 Å². The van der Waals surface area contributed by atoms with Gasteiger partial charge in [0.25, 0.3) is 0 Å². The fourth-order valence-corrected chi connectivity index (χ4v) is 2.78.